The molecule has 5 rings (SSSR count). The van der Waals surface area contributed by atoms with Crippen molar-refractivity contribution >= 4 is 11.6 Å². The topological polar surface area (TPSA) is 73.0 Å². The summed E-state index contributed by atoms with van der Waals surface area (Å²) in [5, 5.41) is 4.63. The van der Waals surface area contributed by atoms with Crippen molar-refractivity contribution in [1.29, 1.82) is 0 Å². The number of aryl methyl sites for hydroxylation is 1. The van der Waals surface area contributed by atoms with E-state index < -0.39 is 0 Å². The molecule has 0 aliphatic heterocycles. The first kappa shape index (κ1) is 15.8. The minimum Gasteiger partial charge on any atom is -0.294 e. The average molecular weight is 355 g/mol. The van der Waals surface area contributed by atoms with Gasteiger partial charge >= 0.3 is 0 Å². The van der Waals surface area contributed by atoms with Gasteiger partial charge in [0.1, 0.15) is 0 Å². The monoisotopic (exact) mass is 355 g/mol. The van der Waals surface area contributed by atoms with E-state index in [1.807, 2.05) is 24.3 Å². The highest BCUT2D eigenvalue weighted by Crippen LogP contribution is 2.34. The third-order valence-corrected chi connectivity index (χ3v) is 5.19. The normalized spacial score (nSPS) is 16.5. The number of fused-ring (bicyclic) bond motifs is 3. The standard InChI is InChI=1S/C21H17N5O/c1-13-5-2-3-7-16(13)15-9-18-17(19(27)10-15)12-23-21-24-20(25-26(18)21)14-6-4-8-22-11-14/h2-8,11-12,15H,9-10H2,1H3. The van der Waals surface area contributed by atoms with Gasteiger partial charge in [-0.1, -0.05) is 24.3 Å². The van der Waals surface area contributed by atoms with Crippen LogP contribution in [0.4, 0.5) is 0 Å². The zero-order chi connectivity index (χ0) is 18.4. The van der Waals surface area contributed by atoms with Crippen LogP contribution in [0, 0.1) is 6.92 Å². The lowest BCUT2D eigenvalue weighted by molar-refractivity contribution is 0.0962. The van der Waals surface area contributed by atoms with E-state index in [0.29, 0.717) is 23.6 Å². The van der Waals surface area contributed by atoms with Gasteiger partial charge in [-0.2, -0.15) is 9.50 Å². The zero-order valence-corrected chi connectivity index (χ0v) is 14.8. The number of benzene rings is 1. The molecule has 0 spiro atoms. The number of pyridine rings is 1. The molecule has 3 aromatic heterocycles. The Bertz CT molecular complexity index is 1170. The van der Waals surface area contributed by atoms with E-state index in [-0.39, 0.29) is 11.7 Å². The third-order valence-electron chi connectivity index (χ3n) is 5.19. The van der Waals surface area contributed by atoms with Crippen molar-refractivity contribution in [2.75, 3.05) is 0 Å². The van der Waals surface area contributed by atoms with Crippen LogP contribution in [-0.2, 0) is 6.42 Å². The smallest absolute Gasteiger partial charge is 0.252 e. The second-order valence-corrected chi connectivity index (χ2v) is 6.89. The van der Waals surface area contributed by atoms with Crippen LogP contribution in [0.1, 0.15) is 39.5 Å². The number of rotatable bonds is 2. The molecule has 0 N–H and O–H groups in total. The number of Topliss-reactive ketones (excluding diaryl/α,β-unsaturated/α-hetero) is 1. The zero-order valence-electron chi connectivity index (χ0n) is 14.8. The van der Waals surface area contributed by atoms with Gasteiger partial charge in [0.05, 0.1) is 11.3 Å². The van der Waals surface area contributed by atoms with Gasteiger partial charge < -0.3 is 0 Å². The van der Waals surface area contributed by atoms with Gasteiger partial charge in [0.25, 0.3) is 5.78 Å². The summed E-state index contributed by atoms with van der Waals surface area (Å²) >= 11 is 0. The van der Waals surface area contributed by atoms with Crippen LogP contribution in [-0.4, -0.2) is 30.3 Å². The predicted octanol–water partition coefficient (Wildman–Crippen LogP) is 3.41. The molecule has 1 aromatic carbocycles. The number of nitrogens with zero attached hydrogens (tertiary/aromatic N) is 5. The molecular weight excluding hydrogens is 338 g/mol. The van der Waals surface area contributed by atoms with E-state index in [4.69, 9.17) is 0 Å². The van der Waals surface area contributed by atoms with E-state index in [1.165, 1.54) is 11.1 Å². The van der Waals surface area contributed by atoms with E-state index in [1.54, 1.807) is 23.1 Å². The summed E-state index contributed by atoms with van der Waals surface area (Å²) in [6.45, 7) is 2.09. The second kappa shape index (κ2) is 6.09. The lowest BCUT2D eigenvalue weighted by Crippen LogP contribution is -2.23. The molecule has 0 saturated carbocycles. The summed E-state index contributed by atoms with van der Waals surface area (Å²) < 4.78 is 1.72. The lowest BCUT2D eigenvalue weighted by Gasteiger charge is -2.25. The SMILES string of the molecule is Cc1ccccc1C1CC(=O)c2cnc3nc(-c4cccnc4)nn3c2C1. The van der Waals surface area contributed by atoms with Crippen molar-refractivity contribution in [3.8, 4) is 11.4 Å². The fraction of sp³-hybridized carbons (Fsp3) is 0.190. The summed E-state index contributed by atoms with van der Waals surface area (Å²) in [6.07, 6.45) is 6.31. The second-order valence-electron chi connectivity index (χ2n) is 6.89. The van der Waals surface area contributed by atoms with Crippen molar-refractivity contribution < 1.29 is 4.79 Å². The Hall–Kier alpha value is -3.41. The molecule has 0 saturated heterocycles. The number of hydrogen-bond acceptors (Lipinski definition) is 5. The first-order valence-electron chi connectivity index (χ1n) is 8.94. The Kier molecular flexibility index (Phi) is 3.57. The van der Waals surface area contributed by atoms with E-state index in [0.717, 1.165) is 17.7 Å². The number of carbonyl (C=O) groups excluding carboxylic acids is 1. The predicted molar refractivity (Wildman–Crippen MR) is 101 cm³/mol. The van der Waals surface area contributed by atoms with E-state index >= 15 is 0 Å². The van der Waals surface area contributed by atoms with Crippen molar-refractivity contribution in [3.05, 3.63) is 77.4 Å². The van der Waals surface area contributed by atoms with Gasteiger partial charge in [-0.3, -0.25) is 9.78 Å². The Morgan fingerprint density at radius 1 is 1.07 bits per heavy atom. The van der Waals surface area contributed by atoms with Gasteiger partial charge in [0.15, 0.2) is 11.6 Å². The molecule has 1 unspecified atom stereocenters. The molecule has 6 nitrogen and oxygen atoms in total. The van der Waals surface area contributed by atoms with Crippen LogP contribution < -0.4 is 0 Å². The Morgan fingerprint density at radius 2 is 1.96 bits per heavy atom. The van der Waals surface area contributed by atoms with Crippen LogP contribution in [0.15, 0.2) is 55.0 Å². The largest absolute Gasteiger partial charge is 0.294 e. The molecule has 4 aromatic rings. The first-order valence-corrected chi connectivity index (χ1v) is 8.94. The molecule has 0 bridgehead atoms. The summed E-state index contributed by atoms with van der Waals surface area (Å²) in [4.78, 5) is 25.8. The minimum absolute atomic E-state index is 0.109. The molecule has 1 aliphatic carbocycles. The van der Waals surface area contributed by atoms with Crippen molar-refractivity contribution in [1.82, 2.24) is 24.6 Å². The Labute approximate surface area is 155 Å². The van der Waals surface area contributed by atoms with Crippen molar-refractivity contribution in [3.63, 3.8) is 0 Å². The summed E-state index contributed by atoms with van der Waals surface area (Å²) in [6, 6.07) is 12.0. The Balaban J connectivity index is 1.64. The van der Waals surface area contributed by atoms with Gasteiger partial charge in [-0.15, -0.1) is 5.10 Å². The highest BCUT2D eigenvalue weighted by molar-refractivity contribution is 5.98. The lowest BCUT2D eigenvalue weighted by atomic mass is 9.80. The van der Waals surface area contributed by atoms with Crippen LogP contribution in [0.5, 0.6) is 0 Å². The highest BCUT2D eigenvalue weighted by Gasteiger charge is 2.30. The fourth-order valence-corrected chi connectivity index (χ4v) is 3.83. The molecule has 0 fully saturated rings. The fourth-order valence-electron chi connectivity index (χ4n) is 3.83. The number of hydrogen-bond donors (Lipinski definition) is 0. The minimum atomic E-state index is 0.109. The number of aromatic nitrogens is 5. The quantitative estimate of drug-likeness (QED) is 0.551. The van der Waals surface area contributed by atoms with Gasteiger partial charge in [-0.05, 0) is 42.5 Å². The van der Waals surface area contributed by atoms with Crippen LogP contribution >= 0.6 is 0 Å². The molecule has 1 aliphatic rings. The number of ketones is 1. The maximum absolute atomic E-state index is 12.8. The molecular formula is C21H17N5O. The maximum Gasteiger partial charge on any atom is 0.252 e. The van der Waals surface area contributed by atoms with E-state index in [2.05, 4.69) is 39.1 Å². The van der Waals surface area contributed by atoms with Gasteiger partial charge in [0.2, 0.25) is 0 Å². The summed E-state index contributed by atoms with van der Waals surface area (Å²) in [5.41, 5.74) is 4.78. The molecule has 0 radical (unpaired) electrons. The average Bonchev–Trinajstić information content (AvgIpc) is 3.14. The molecule has 27 heavy (non-hydrogen) atoms. The van der Waals surface area contributed by atoms with Gasteiger partial charge in [0, 0.05) is 30.6 Å². The van der Waals surface area contributed by atoms with Crippen molar-refractivity contribution in [2.24, 2.45) is 0 Å². The molecule has 132 valence electrons. The number of carbonyl (C=O) groups is 1. The molecule has 0 amide bonds. The molecule has 1 atom stereocenters. The molecule has 3 heterocycles. The van der Waals surface area contributed by atoms with Crippen molar-refractivity contribution in [2.45, 2.75) is 25.7 Å². The molecule has 6 heteroatoms. The Morgan fingerprint density at radius 3 is 2.78 bits per heavy atom. The maximum atomic E-state index is 12.8. The summed E-state index contributed by atoms with van der Waals surface area (Å²) in [5.74, 6) is 1.32. The highest BCUT2D eigenvalue weighted by atomic mass is 16.1. The van der Waals surface area contributed by atoms with E-state index in [9.17, 15) is 4.79 Å². The third kappa shape index (κ3) is 2.61. The van der Waals surface area contributed by atoms with Crippen LogP contribution in [0.2, 0.25) is 0 Å². The van der Waals surface area contributed by atoms with Crippen LogP contribution in [0.25, 0.3) is 17.2 Å². The summed E-state index contributed by atoms with van der Waals surface area (Å²) in [7, 11) is 0. The first-order chi connectivity index (χ1) is 13.2. The van der Waals surface area contributed by atoms with Crippen LogP contribution in [0.3, 0.4) is 0 Å². The van der Waals surface area contributed by atoms with Gasteiger partial charge in [-0.25, -0.2) is 4.98 Å².